The zero-order chi connectivity index (χ0) is 4.41. The van der Waals surface area contributed by atoms with Gasteiger partial charge in [0.1, 0.15) is 0 Å². The van der Waals surface area contributed by atoms with Crippen molar-refractivity contribution in [2.75, 3.05) is 6.54 Å². The first-order chi connectivity index (χ1) is 2.89. The molecule has 0 radical (unpaired) electrons. The fourth-order valence-corrected chi connectivity index (χ4v) is 0.572. The van der Waals surface area contributed by atoms with E-state index < -0.39 is 0 Å². The summed E-state index contributed by atoms with van der Waals surface area (Å²) >= 11 is 1.04. The third kappa shape index (κ3) is 4.00. The monoisotopic (exact) mass is 468 g/mol. The predicted molar refractivity (Wildman–Crippen MR) is 24.9 cm³/mol. The second kappa shape index (κ2) is 6.19. The van der Waals surface area contributed by atoms with Crippen molar-refractivity contribution in [1.82, 2.24) is 0 Å². The van der Waals surface area contributed by atoms with E-state index >= 15 is 0 Å². The molecule has 2 nitrogen and oxygen atoms in total. The van der Waals surface area contributed by atoms with Crippen molar-refractivity contribution < 1.29 is 46.9 Å². The molecule has 0 atom stereocenters. The summed E-state index contributed by atoms with van der Waals surface area (Å²) in [5.41, 5.74) is 2.46. The topological polar surface area (TPSA) is 29.4 Å². The number of nitrogens with zero attached hydrogens (tertiary/aromatic N) is 1. The Morgan fingerprint density at radius 1 is 1.62 bits per heavy atom. The van der Waals surface area contributed by atoms with E-state index in [-0.39, 0.29) is 47.2 Å². The summed E-state index contributed by atoms with van der Waals surface area (Å²) in [4.78, 5) is 13.6. The molecule has 1 rings (SSSR count). The number of rotatable bonds is 0. The maximum absolute atomic E-state index is 10.0. The fraction of sp³-hybridized carbons (Fsp3) is 0.333. The Hall–Kier alpha value is 1.07. The van der Waals surface area contributed by atoms with Crippen molar-refractivity contribution in [3.8, 4) is 0 Å². The zero-order valence-electron chi connectivity index (χ0n) is 3.79. The Morgan fingerprint density at radius 2 is 2.25 bits per heavy atom. The van der Waals surface area contributed by atoms with E-state index in [9.17, 15) is 4.79 Å². The Labute approximate surface area is 80.4 Å². The second-order valence-corrected chi connectivity index (χ2v) is 1.72. The quantitative estimate of drug-likeness (QED) is 0.475. The summed E-state index contributed by atoms with van der Waals surface area (Å²) in [6.45, 7) is 0.324. The smallest absolute Gasteiger partial charge is 0.177 e. The van der Waals surface area contributed by atoms with Gasteiger partial charge in [0.2, 0.25) is 0 Å². The van der Waals surface area contributed by atoms with Crippen molar-refractivity contribution in [3.63, 3.8) is 0 Å². The van der Waals surface area contributed by atoms with Crippen molar-refractivity contribution in [1.29, 1.82) is 0 Å². The van der Waals surface area contributed by atoms with Crippen LogP contribution >= 0.6 is 11.8 Å². The molecular formula is C3H2NOSW2-. The number of hydrogen-bond donors (Lipinski definition) is 0. The summed E-state index contributed by atoms with van der Waals surface area (Å²) in [7, 11) is 0. The number of carbonyl (C=O) groups excluding carboxylic acids is 1. The first kappa shape index (κ1) is 11.8. The van der Waals surface area contributed by atoms with Gasteiger partial charge >= 0.3 is 0 Å². The maximum atomic E-state index is 10.0. The molecule has 0 saturated heterocycles. The van der Waals surface area contributed by atoms with Gasteiger partial charge in [0.25, 0.3) is 0 Å². The number of hydrogen-bond acceptors (Lipinski definition) is 3. The number of carbonyl (C=O) groups is 1. The first-order valence-corrected chi connectivity index (χ1v) is 2.32. The van der Waals surface area contributed by atoms with Crippen LogP contribution in [0.1, 0.15) is 0 Å². The maximum Gasteiger partial charge on any atom is 0.177 e. The minimum atomic E-state index is 0. The van der Waals surface area contributed by atoms with E-state index in [0.29, 0.717) is 6.54 Å². The van der Waals surface area contributed by atoms with Crippen LogP contribution in [0.2, 0.25) is 0 Å². The van der Waals surface area contributed by atoms with Gasteiger partial charge in [-0.2, -0.15) is 0 Å². The fourth-order valence-electron chi connectivity index (χ4n) is 0.212. The van der Waals surface area contributed by atoms with E-state index in [4.69, 9.17) is 0 Å². The summed E-state index contributed by atoms with van der Waals surface area (Å²) in [5.74, 6) is 0. The van der Waals surface area contributed by atoms with Crippen LogP contribution in [0, 0.1) is 0 Å². The number of thioether (sulfide) groups is 1. The number of aliphatic imine (C=N–C) groups is 1. The zero-order valence-corrected chi connectivity index (χ0v) is 10.5. The first-order valence-electron chi connectivity index (χ1n) is 1.51. The SMILES string of the molecule is O=C1CN=[C-]S1.[W].[W]. The van der Waals surface area contributed by atoms with Crippen molar-refractivity contribution >= 4 is 22.4 Å². The van der Waals surface area contributed by atoms with E-state index in [1.165, 1.54) is 0 Å². The Bertz CT molecular complexity index is 95.5. The summed E-state index contributed by atoms with van der Waals surface area (Å²) in [6.07, 6.45) is 0. The van der Waals surface area contributed by atoms with E-state index in [1.807, 2.05) is 0 Å². The van der Waals surface area contributed by atoms with Gasteiger partial charge in [-0.3, -0.25) is 16.6 Å². The van der Waals surface area contributed by atoms with E-state index in [0.717, 1.165) is 11.8 Å². The van der Waals surface area contributed by atoms with E-state index in [2.05, 4.69) is 10.5 Å². The van der Waals surface area contributed by atoms with Crippen LogP contribution in [0.25, 0.3) is 0 Å². The predicted octanol–water partition coefficient (Wildman–Crippen LogP) is 0.160. The molecule has 0 aromatic rings. The Balaban J connectivity index is 0. The van der Waals surface area contributed by atoms with Gasteiger partial charge in [0, 0.05) is 42.1 Å². The van der Waals surface area contributed by atoms with Gasteiger partial charge in [0.15, 0.2) is 5.12 Å². The molecule has 44 valence electrons. The summed E-state index contributed by atoms with van der Waals surface area (Å²) < 4.78 is 0. The van der Waals surface area contributed by atoms with Gasteiger partial charge < -0.3 is 10.5 Å². The van der Waals surface area contributed by atoms with Crippen LogP contribution in [0.5, 0.6) is 0 Å². The molecule has 1 aliphatic rings. The van der Waals surface area contributed by atoms with Crippen LogP contribution in [-0.2, 0) is 46.9 Å². The molecule has 1 heterocycles. The molecule has 0 aliphatic carbocycles. The van der Waals surface area contributed by atoms with Gasteiger partial charge in [-0.05, 0) is 0 Å². The third-order valence-corrected chi connectivity index (χ3v) is 1.01. The Kier molecular flexibility index (Phi) is 9.14. The molecule has 5 heteroatoms. The largest absolute Gasteiger partial charge is 0.485 e. The average molecular weight is 468 g/mol. The van der Waals surface area contributed by atoms with Crippen LogP contribution in [0.4, 0.5) is 0 Å². The molecule has 0 amide bonds. The van der Waals surface area contributed by atoms with E-state index in [1.54, 1.807) is 0 Å². The molecule has 0 aromatic heterocycles. The molecule has 8 heavy (non-hydrogen) atoms. The molecule has 0 aromatic carbocycles. The standard InChI is InChI=1S/C3H2NOS.2W/c5-3-1-4-2-6-3;;/h1H2;;/q-1;;. The van der Waals surface area contributed by atoms with Crippen molar-refractivity contribution in [2.45, 2.75) is 0 Å². The molecule has 0 saturated carbocycles. The van der Waals surface area contributed by atoms with Crippen LogP contribution in [0.15, 0.2) is 4.99 Å². The molecule has 0 bridgehead atoms. The average Bonchev–Trinajstić information content (AvgIpc) is 1.86. The van der Waals surface area contributed by atoms with Crippen molar-refractivity contribution in [2.24, 2.45) is 4.99 Å². The van der Waals surface area contributed by atoms with Gasteiger partial charge in [-0.15, -0.1) is 0 Å². The molecular weight excluding hydrogens is 466 g/mol. The minimum Gasteiger partial charge on any atom is -0.485 e. The van der Waals surface area contributed by atoms with Crippen LogP contribution in [-0.4, -0.2) is 17.2 Å². The normalized spacial score (nSPS) is 14.8. The molecule has 1 aliphatic heterocycles. The molecule has 0 unspecified atom stereocenters. The molecule has 0 fully saturated rings. The third-order valence-electron chi connectivity index (χ3n) is 0.432. The molecule has 0 spiro atoms. The summed E-state index contributed by atoms with van der Waals surface area (Å²) in [5, 5.41) is 0.0926. The van der Waals surface area contributed by atoms with Crippen molar-refractivity contribution in [3.05, 3.63) is 0 Å². The molecule has 0 N–H and O–H groups in total. The van der Waals surface area contributed by atoms with Crippen LogP contribution < -0.4 is 0 Å². The Morgan fingerprint density at radius 3 is 2.38 bits per heavy atom. The van der Waals surface area contributed by atoms with Gasteiger partial charge in [0.05, 0.1) is 6.54 Å². The van der Waals surface area contributed by atoms with Crippen LogP contribution in [0.3, 0.4) is 0 Å². The van der Waals surface area contributed by atoms with Gasteiger partial charge in [-0.25, -0.2) is 0 Å². The minimum absolute atomic E-state index is 0. The summed E-state index contributed by atoms with van der Waals surface area (Å²) in [6, 6.07) is 0. The van der Waals surface area contributed by atoms with Gasteiger partial charge in [-0.1, -0.05) is 0 Å². The second-order valence-electron chi connectivity index (χ2n) is 0.882.